The van der Waals surface area contributed by atoms with Crippen LogP contribution in [-0.4, -0.2) is 11.8 Å². The summed E-state index contributed by atoms with van der Waals surface area (Å²) < 4.78 is 0. The van der Waals surface area contributed by atoms with E-state index in [9.17, 15) is 4.79 Å². The molecule has 1 atom stereocenters. The minimum absolute atomic E-state index is 0.00231. The third-order valence-corrected chi connectivity index (χ3v) is 1.96. The maximum atomic E-state index is 11.1. The van der Waals surface area contributed by atoms with Gasteiger partial charge in [0.2, 0.25) is 0 Å². The van der Waals surface area contributed by atoms with Crippen molar-refractivity contribution in [2.75, 3.05) is 0 Å². The summed E-state index contributed by atoms with van der Waals surface area (Å²) in [6, 6.07) is -0.127. The van der Waals surface area contributed by atoms with Gasteiger partial charge in [-0.3, -0.25) is 4.79 Å². The Labute approximate surface area is 62.1 Å². The van der Waals surface area contributed by atoms with Gasteiger partial charge in [0, 0.05) is 11.5 Å². The van der Waals surface area contributed by atoms with E-state index in [2.05, 4.69) is 6.58 Å². The average molecular weight is 141 g/mol. The lowest BCUT2D eigenvalue weighted by atomic mass is 9.82. The van der Waals surface area contributed by atoms with Crippen molar-refractivity contribution in [3.05, 3.63) is 12.7 Å². The van der Waals surface area contributed by atoms with Gasteiger partial charge in [-0.1, -0.05) is 20.4 Å². The summed E-state index contributed by atoms with van der Waals surface area (Å²) in [5.41, 5.74) is 5.11. The van der Waals surface area contributed by atoms with Crippen molar-refractivity contribution in [1.29, 1.82) is 0 Å². The summed E-state index contributed by atoms with van der Waals surface area (Å²) in [5, 5.41) is 0. The molecule has 0 amide bonds. The fourth-order valence-corrected chi connectivity index (χ4v) is 0.487. The second-order valence-corrected chi connectivity index (χ2v) is 3.08. The number of carbonyl (C=O) groups excluding carboxylic acids is 1. The van der Waals surface area contributed by atoms with Gasteiger partial charge in [0.25, 0.3) is 0 Å². The third-order valence-electron chi connectivity index (χ3n) is 1.96. The van der Waals surface area contributed by atoms with E-state index in [1.807, 2.05) is 20.8 Å². The second-order valence-electron chi connectivity index (χ2n) is 3.08. The lowest BCUT2D eigenvalue weighted by Gasteiger charge is -2.25. The van der Waals surface area contributed by atoms with Crippen LogP contribution in [-0.2, 0) is 4.79 Å². The SMILES string of the molecule is C=CC(=O)C(C)(C)C(C)N. The molecule has 0 saturated carbocycles. The highest BCUT2D eigenvalue weighted by Crippen LogP contribution is 2.20. The highest BCUT2D eigenvalue weighted by Gasteiger charge is 2.28. The number of rotatable bonds is 3. The molecule has 0 aromatic carbocycles. The van der Waals surface area contributed by atoms with Gasteiger partial charge in [0.15, 0.2) is 5.78 Å². The first-order valence-electron chi connectivity index (χ1n) is 3.35. The van der Waals surface area contributed by atoms with Gasteiger partial charge in [-0.2, -0.15) is 0 Å². The van der Waals surface area contributed by atoms with Crippen LogP contribution < -0.4 is 5.73 Å². The van der Waals surface area contributed by atoms with Crippen molar-refractivity contribution in [2.45, 2.75) is 26.8 Å². The van der Waals surface area contributed by atoms with E-state index in [0.29, 0.717) is 0 Å². The van der Waals surface area contributed by atoms with E-state index >= 15 is 0 Å². The van der Waals surface area contributed by atoms with Crippen molar-refractivity contribution in [3.8, 4) is 0 Å². The zero-order valence-corrected chi connectivity index (χ0v) is 6.85. The number of carbonyl (C=O) groups is 1. The van der Waals surface area contributed by atoms with Gasteiger partial charge in [-0.15, -0.1) is 0 Å². The Morgan fingerprint density at radius 1 is 1.70 bits per heavy atom. The molecule has 0 saturated heterocycles. The lowest BCUT2D eigenvalue weighted by Crippen LogP contribution is -2.40. The predicted molar refractivity (Wildman–Crippen MR) is 42.6 cm³/mol. The first-order valence-corrected chi connectivity index (χ1v) is 3.35. The number of nitrogens with two attached hydrogens (primary N) is 1. The summed E-state index contributed by atoms with van der Waals surface area (Å²) in [7, 11) is 0. The van der Waals surface area contributed by atoms with Gasteiger partial charge in [-0.25, -0.2) is 0 Å². The van der Waals surface area contributed by atoms with Gasteiger partial charge in [0.05, 0.1) is 0 Å². The van der Waals surface area contributed by atoms with E-state index in [1.165, 1.54) is 6.08 Å². The predicted octanol–water partition coefficient (Wildman–Crippen LogP) is 1.11. The summed E-state index contributed by atoms with van der Waals surface area (Å²) in [6.07, 6.45) is 1.32. The molecule has 0 aliphatic carbocycles. The van der Waals surface area contributed by atoms with Crippen LogP contribution in [0, 0.1) is 5.41 Å². The van der Waals surface area contributed by atoms with Gasteiger partial charge in [0.1, 0.15) is 0 Å². The number of hydrogen-bond donors (Lipinski definition) is 1. The average Bonchev–Trinajstić information content (AvgIpc) is 1.86. The Balaban J connectivity index is 4.39. The molecule has 2 nitrogen and oxygen atoms in total. The molecule has 0 aliphatic heterocycles. The summed E-state index contributed by atoms with van der Waals surface area (Å²) in [5.74, 6) is 0.00231. The fourth-order valence-electron chi connectivity index (χ4n) is 0.487. The van der Waals surface area contributed by atoms with Crippen LogP contribution in [0.3, 0.4) is 0 Å². The first-order chi connectivity index (χ1) is 4.42. The van der Waals surface area contributed by atoms with Crippen molar-refractivity contribution >= 4 is 5.78 Å². The molecule has 0 heterocycles. The Bertz CT molecular complexity index is 147. The second kappa shape index (κ2) is 2.97. The van der Waals surface area contributed by atoms with E-state index in [1.54, 1.807) is 0 Å². The molecule has 0 fully saturated rings. The van der Waals surface area contributed by atoms with Gasteiger partial charge >= 0.3 is 0 Å². The largest absolute Gasteiger partial charge is 0.327 e. The standard InChI is InChI=1S/C8H15NO/c1-5-7(10)8(3,4)6(2)9/h5-6H,1,9H2,2-4H3. The number of hydrogen-bond acceptors (Lipinski definition) is 2. The molecule has 58 valence electrons. The fraction of sp³-hybridized carbons (Fsp3) is 0.625. The van der Waals surface area contributed by atoms with Crippen molar-refractivity contribution in [1.82, 2.24) is 0 Å². The van der Waals surface area contributed by atoms with Gasteiger partial charge < -0.3 is 5.73 Å². The van der Waals surface area contributed by atoms with Crippen molar-refractivity contribution in [3.63, 3.8) is 0 Å². The van der Waals surface area contributed by atoms with Crippen molar-refractivity contribution < 1.29 is 4.79 Å². The molecule has 1 unspecified atom stereocenters. The summed E-state index contributed by atoms with van der Waals surface area (Å²) in [4.78, 5) is 11.1. The molecule has 0 aromatic heterocycles. The van der Waals surface area contributed by atoms with Crippen LogP contribution in [0.15, 0.2) is 12.7 Å². The van der Waals surface area contributed by atoms with Crippen LogP contribution in [0.2, 0.25) is 0 Å². The molecule has 2 heteroatoms. The molecule has 0 rings (SSSR count). The van der Waals surface area contributed by atoms with Crippen LogP contribution in [0.1, 0.15) is 20.8 Å². The highest BCUT2D eigenvalue weighted by atomic mass is 16.1. The number of allylic oxidation sites excluding steroid dienone is 1. The maximum Gasteiger partial charge on any atom is 0.162 e. The summed E-state index contributed by atoms with van der Waals surface area (Å²) >= 11 is 0. The topological polar surface area (TPSA) is 43.1 Å². The minimum atomic E-state index is -0.470. The van der Waals surface area contributed by atoms with Crippen LogP contribution in [0.5, 0.6) is 0 Å². The molecule has 0 bridgehead atoms. The quantitative estimate of drug-likeness (QED) is 0.598. The molecule has 0 aliphatic rings. The molecule has 0 aromatic rings. The Kier molecular flexibility index (Phi) is 2.78. The highest BCUT2D eigenvalue weighted by molar-refractivity contribution is 5.94. The molecular weight excluding hydrogens is 126 g/mol. The summed E-state index contributed by atoms with van der Waals surface area (Å²) in [6.45, 7) is 8.87. The van der Waals surface area contributed by atoms with E-state index in [4.69, 9.17) is 5.73 Å². The van der Waals surface area contributed by atoms with Crippen LogP contribution in [0.4, 0.5) is 0 Å². The third kappa shape index (κ3) is 1.67. The molecule has 0 radical (unpaired) electrons. The zero-order valence-electron chi connectivity index (χ0n) is 6.85. The molecule has 10 heavy (non-hydrogen) atoms. The normalized spacial score (nSPS) is 14.4. The maximum absolute atomic E-state index is 11.1. The van der Waals surface area contributed by atoms with Crippen molar-refractivity contribution in [2.24, 2.45) is 11.1 Å². The van der Waals surface area contributed by atoms with E-state index in [0.717, 1.165) is 0 Å². The zero-order chi connectivity index (χ0) is 8.36. The Morgan fingerprint density at radius 2 is 2.10 bits per heavy atom. The van der Waals surface area contributed by atoms with Crippen LogP contribution >= 0.6 is 0 Å². The van der Waals surface area contributed by atoms with Gasteiger partial charge in [-0.05, 0) is 13.0 Å². The van der Waals surface area contributed by atoms with Crippen LogP contribution in [0.25, 0.3) is 0 Å². The monoisotopic (exact) mass is 141 g/mol. The first kappa shape index (κ1) is 9.37. The molecule has 0 spiro atoms. The Morgan fingerprint density at radius 3 is 2.20 bits per heavy atom. The molecule has 2 N–H and O–H groups in total. The minimum Gasteiger partial charge on any atom is -0.327 e. The smallest absolute Gasteiger partial charge is 0.162 e. The lowest BCUT2D eigenvalue weighted by molar-refractivity contribution is -0.122. The number of ketones is 1. The molecular formula is C8H15NO. The van der Waals surface area contributed by atoms with E-state index in [-0.39, 0.29) is 11.8 Å². The van der Waals surface area contributed by atoms with E-state index < -0.39 is 5.41 Å². The Hall–Kier alpha value is -0.630.